The van der Waals surface area contributed by atoms with Crippen molar-refractivity contribution in [3.63, 3.8) is 0 Å². The van der Waals surface area contributed by atoms with Crippen molar-refractivity contribution in [3.05, 3.63) is 261 Å². The van der Waals surface area contributed by atoms with Crippen LogP contribution >= 0.6 is 0 Å². The Kier molecular flexibility index (Phi) is 9.53. The molecule has 14 rings (SSSR count). The average molecular weight is 902 g/mol. The van der Waals surface area contributed by atoms with Crippen LogP contribution in [0.15, 0.2) is 261 Å². The van der Waals surface area contributed by atoms with E-state index in [9.17, 15) is 0 Å². The number of rotatable bonds is 7. The summed E-state index contributed by atoms with van der Waals surface area (Å²) in [7, 11) is 0. The zero-order valence-corrected chi connectivity index (χ0v) is 38.7. The predicted molar refractivity (Wildman–Crippen MR) is 301 cm³/mol. The van der Waals surface area contributed by atoms with Gasteiger partial charge in [-0.15, -0.1) is 0 Å². The van der Waals surface area contributed by atoms with Gasteiger partial charge in [-0.2, -0.15) is 0 Å². The predicted octanol–water partition coefficient (Wildman–Crippen LogP) is 18.7. The largest absolute Gasteiger partial charge is 0.311 e. The average Bonchev–Trinajstić information content (AvgIpc) is 3.45. The van der Waals surface area contributed by atoms with E-state index in [1.54, 1.807) is 0 Å². The van der Waals surface area contributed by atoms with E-state index in [0.717, 1.165) is 50.5 Å². The monoisotopic (exact) mass is 901 g/mol. The first-order valence-electron chi connectivity index (χ1n) is 24.3. The maximum absolute atomic E-state index is 5.23. The van der Waals surface area contributed by atoms with E-state index in [4.69, 9.17) is 9.97 Å². The molecule has 0 saturated heterocycles. The van der Waals surface area contributed by atoms with Crippen LogP contribution in [-0.2, 0) is 0 Å². The third-order valence-corrected chi connectivity index (χ3v) is 14.5. The first-order valence-corrected chi connectivity index (χ1v) is 24.3. The molecule has 0 atom stereocenters. The fourth-order valence-electron chi connectivity index (χ4n) is 11.0. The van der Waals surface area contributed by atoms with E-state index in [1.807, 2.05) is 18.3 Å². The lowest BCUT2D eigenvalue weighted by molar-refractivity contribution is 1.28. The molecule has 0 radical (unpaired) electrons. The molecule has 2 aromatic heterocycles. The summed E-state index contributed by atoms with van der Waals surface area (Å²) in [5.41, 5.74) is 12.7. The molecule has 0 saturated carbocycles. The summed E-state index contributed by atoms with van der Waals surface area (Å²) < 4.78 is 0. The van der Waals surface area contributed by atoms with E-state index in [1.165, 1.54) is 86.9 Å². The second-order valence-electron chi connectivity index (χ2n) is 18.5. The van der Waals surface area contributed by atoms with Gasteiger partial charge in [0.2, 0.25) is 0 Å². The lowest BCUT2D eigenvalue weighted by Crippen LogP contribution is -2.09. The Morgan fingerprint density at radius 2 is 0.620 bits per heavy atom. The second-order valence-corrected chi connectivity index (χ2v) is 18.5. The minimum atomic E-state index is 0.880. The van der Waals surface area contributed by atoms with Gasteiger partial charge >= 0.3 is 0 Å². The van der Waals surface area contributed by atoms with Crippen molar-refractivity contribution in [3.8, 4) is 44.8 Å². The molecular weight excluding hydrogens is 859 g/mol. The van der Waals surface area contributed by atoms with Crippen molar-refractivity contribution in [1.82, 2.24) is 9.97 Å². The van der Waals surface area contributed by atoms with E-state index < -0.39 is 0 Å². The van der Waals surface area contributed by atoms with E-state index in [-0.39, 0.29) is 0 Å². The molecule has 0 bridgehead atoms. The van der Waals surface area contributed by atoms with Crippen molar-refractivity contribution in [2.45, 2.75) is 0 Å². The van der Waals surface area contributed by atoms with Crippen LogP contribution in [0.4, 0.5) is 17.1 Å². The molecule has 2 heterocycles. The molecular formula is C68H43N3. The lowest BCUT2D eigenvalue weighted by atomic mass is 9.92. The van der Waals surface area contributed by atoms with E-state index >= 15 is 0 Å². The Labute approximate surface area is 411 Å². The zero-order valence-electron chi connectivity index (χ0n) is 38.7. The lowest BCUT2D eigenvalue weighted by Gasteiger charge is -2.26. The first-order chi connectivity index (χ1) is 35.2. The van der Waals surface area contributed by atoms with E-state index in [2.05, 4.69) is 248 Å². The van der Waals surface area contributed by atoms with Gasteiger partial charge in [0.25, 0.3) is 0 Å². The Bertz CT molecular complexity index is 4100. The maximum atomic E-state index is 5.23. The van der Waals surface area contributed by atoms with Crippen molar-refractivity contribution in [2.75, 3.05) is 4.90 Å². The van der Waals surface area contributed by atoms with Crippen molar-refractivity contribution in [1.29, 1.82) is 0 Å². The normalized spacial score (nSPS) is 11.7. The summed E-state index contributed by atoms with van der Waals surface area (Å²) in [5, 5.41) is 16.4. The highest BCUT2D eigenvalue weighted by Gasteiger charge is 2.17. The topological polar surface area (TPSA) is 29.0 Å². The standard InChI is InChI=1S/C68H43N3/c1-2-13-47(14-3-1)68-67-50(15-12-40-69-67)43-66(70-68)46-28-36-53(37-29-46)71(51-32-24-44(25-33-51)48-30-38-62-58-20-6-4-16-54(58)56-18-8-10-22-60(56)64(62)41-48)52-34-26-45(27-35-52)49-31-39-63-59-21-7-5-17-55(59)57-19-9-11-23-61(57)65(63)42-49/h1-43H. The van der Waals surface area contributed by atoms with Gasteiger partial charge in [0.05, 0.1) is 16.9 Å². The minimum absolute atomic E-state index is 0.880. The summed E-state index contributed by atoms with van der Waals surface area (Å²) in [6.07, 6.45) is 1.84. The first kappa shape index (κ1) is 40.6. The molecule has 0 fully saturated rings. The number of nitrogens with zero attached hydrogens (tertiary/aromatic N) is 3. The van der Waals surface area contributed by atoms with Crippen LogP contribution in [0.25, 0.3) is 120 Å². The fraction of sp³-hybridized carbons (Fsp3) is 0. The van der Waals surface area contributed by atoms with Crippen LogP contribution in [-0.4, -0.2) is 9.97 Å². The van der Waals surface area contributed by atoms with Crippen LogP contribution in [0.3, 0.4) is 0 Å². The molecule has 0 spiro atoms. The van der Waals surface area contributed by atoms with Crippen LogP contribution in [0.1, 0.15) is 0 Å². The summed E-state index contributed by atoms with van der Waals surface area (Å²) in [4.78, 5) is 12.3. The van der Waals surface area contributed by atoms with Gasteiger partial charge in [-0.1, -0.05) is 194 Å². The molecule has 71 heavy (non-hydrogen) atoms. The summed E-state index contributed by atoms with van der Waals surface area (Å²) in [6, 6.07) is 92.4. The maximum Gasteiger partial charge on any atom is 0.0972 e. The highest BCUT2D eigenvalue weighted by molar-refractivity contribution is 6.27. The minimum Gasteiger partial charge on any atom is -0.311 e. The van der Waals surface area contributed by atoms with Gasteiger partial charge in [0.1, 0.15) is 0 Å². The van der Waals surface area contributed by atoms with Crippen LogP contribution < -0.4 is 4.90 Å². The molecule has 3 heteroatoms. The molecule has 14 aromatic rings. The highest BCUT2D eigenvalue weighted by Crippen LogP contribution is 2.42. The number of benzene rings is 12. The summed E-state index contributed by atoms with van der Waals surface area (Å²) in [5.74, 6) is 0. The molecule has 0 amide bonds. The van der Waals surface area contributed by atoms with Crippen LogP contribution in [0, 0.1) is 0 Å². The van der Waals surface area contributed by atoms with Gasteiger partial charge in [0, 0.05) is 39.8 Å². The number of hydrogen-bond acceptors (Lipinski definition) is 3. The number of hydrogen-bond donors (Lipinski definition) is 0. The van der Waals surface area contributed by atoms with Crippen LogP contribution in [0.5, 0.6) is 0 Å². The molecule has 0 N–H and O–H groups in total. The second kappa shape index (κ2) is 16.7. The van der Waals surface area contributed by atoms with Crippen molar-refractivity contribution < 1.29 is 0 Å². The van der Waals surface area contributed by atoms with Gasteiger partial charge in [-0.05, 0) is 148 Å². The van der Waals surface area contributed by atoms with Gasteiger partial charge in [0.15, 0.2) is 0 Å². The number of pyridine rings is 2. The Morgan fingerprint density at radius 1 is 0.254 bits per heavy atom. The Hall–Kier alpha value is -9.44. The molecule has 0 aliphatic heterocycles. The third kappa shape index (κ3) is 6.89. The molecule has 0 aliphatic rings. The molecule has 330 valence electrons. The quantitative estimate of drug-likeness (QED) is 0.149. The Balaban J connectivity index is 0.866. The van der Waals surface area contributed by atoms with E-state index in [0.29, 0.717) is 0 Å². The van der Waals surface area contributed by atoms with Gasteiger partial charge < -0.3 is 4.90 Å². The van der Waals surface area contributed by atoms with Crippen molar-refractivity contribution in [2.24, 2.45) is 0 Å². The van der Waals surface area contributed by atoms with Gasteiger partial charge in [-0.3, -0.25) is 4.98 Å². The summed E-state index contributed by atoms with van der Waals surface area (Å²) >= 11 is 0. The van der Waals surface area contributed by atoms with Gasteiger partial charge in [-0.25, -0.2) is 4.98 Å². The summed E-state index contributed by atoms with van der Waals surface area (Å²) in [6.45, 7) is 0. The van der Waals surface area contributed by atoms with Crippen molar-refractivity contribution >= 4 is 92.6 Å². The SMILES string of the molecule is c1ccc(-c2nc(-c3ccc(N(c4ccc(-c5ccc6c7ccccc7c7ccccc7c6c5)cc4)c4ccc(-c5ccc6c7ccccc7c7ccccc7c6c5)cc4)cc3)cc3cccnc23)cc1. The number of aromatic nitrogens is 2. The number of fused-ring (bicyclic) bond motifs is 13. The third-order valence-electron chi connectivity index (χ3n) is 14.5. The van der Waals surface area contributed by atoms with Crippen LogP contribution in [0.2, 0.25) is 0 Å². The zero-order chi connectivity index (χ0) is 46.8. The smallest absolute Gasteiger partial charge is 0.0972 e. The Morgan fingerprint density at radius 3 is 1.06 bits per heavy atom. The molecule has 3 nitrogen and oxygen atoms in total. The fourth-order valence-corrected chi connectivity index (χ4v) is 11.0. The molecule has 12 aromatic carbocycles. The molecule has 0 aliphatic carbocycles. The highest BCUT2D eigenvalue weighted by atomic mass is 15.1. The molecule has 0 unspecified atom stereocenters. The number of anilines is 3.